The number of rotatable bonds is 5. The molecular weight excluding hydrogens is 210 g/mol. The molecule has 1 aromatic carbocycles. The highest BCUT2D eigenvalue weighted by Crippen LogP contribution is 2.15. The van der Waals surface area contributed by atoms with Crippen molar-refractivity contribution >= 4 is 5.84 Å². The van der Waals surface area contributed by atoms with Crippen LogP contribution in [0, 0.1) is 0 Å². The maximum absolute atomic E-state index is 6.18. The fourth-order valence-corrected chi connectivity index (χ4v) is 2.37. The molecule has 2 rings (SSSR count). The summed E-state index contributed by atoms with van der Waals surface area (Å²) in [5.74, 6) is 0.938. The Morgan fingerprint density at radius 1 is 1.24 bits per heavy atom. The molecule has 0 atom stereocenters. The van der Waals surface area contributed by atoms with Gasteiger partial charge in [0.25, 0.3) is 5.84 Å². The SMILES string of the molecule is CCN(CC)CC[N+]1=C(N)c2ccccc2C1. The number of hydrogen-bond acceptors (Lipinski definition) is 2. The molecule has 0 amide bonds. The topological polar surface area (TPSA) is 32.3 Å². The van der Waals surface area contributed by atoms with E-state index in [0.29, 0.717) is 0 Å². The predicted octanol–water partition coefficient (Wildman–Crippen LogP) is 1.26. The lowest BCUT2D eigenvalue weighted by Gasteiger charge is -2.17. The van der Waals surface area contributed by atoms with Gasteiger partial charge in [0.2, 0.25) is 0 Å². The molecule has 0 saturated carbocycles. The molecular formula is C14H22N3+. The van der Waals surface area contributed by atoms with E-state index in [1.54, 1.807) is 0 Å². The third kappa shape index (κ3) is 2.50. The summed E-state index contributed by atoms with van der Waals surface area (Å²) < 4.78 is 2.28. The summed E-state index contributed by atoms with van der Waals surface area (Å²) in [5.41, 5.74) is 8.75. The van der Waals surface area contributed by atoms with Crippen LogP contribution in [0.1, 0.15) is 25.0 Å². The number of benzene rings is 1. The molecule has 0 saturated heterocycles. The molecule has 1 heterocycles. The molecule has 0 fully saturated rings. The standard InChI is InChI=1S/C14H21N3/c1-3-16(4-2)9-10-17-11-12-7-5-6-8-13(12)14(17)15/h5-8,15H,3-4,9-11H2,1-2H3/p+1. The summed E-state index contributed by atoms with van der Waals surface area (Å²) in [6, 6.07) is 8.42. The molecule has 0 aromatic heterocycles. The Hall–Kier alpha value is -1.35. The van der Waals surface area contributed by atoms with Crippen LogP contribution in [0.15, 0.2) is 24.3 Å². The second-order valence-electron chi connectivity index (χ2n) is 4.49. The fourth-order valence-electron chi connectivity index (χ4n) is 2.37. The van der Waals surface area contributed by atoms with Crippen LogP contribution in [0.25, 0.3) is 0 Å². The molecule has 1 aromatic rings. The number of hydrogen-bond donors (Lipinski definition) is 1. The summed E-state index contributed by atoms with van der Waals surface area (Å²) in [4.78, 5) is 2.43. The van der Waals surface area contributed by atoms with Gasteiger partial charge in [-0.25, -0.2) is 0 Å². The van der Waals surface area contributed by atoms with Gasteiger partial charge in [0.1, 0.15) is 6.54 Å². The van der Waals surface area contributed by atoms with Crippen LogP contribution in [0.4, 0.5) is 0 Å². The van der Waals surface area contributed by atoms with E-state index in [2.05, 4.69) is 47.6 Å². The summed E-state index contributed by atoms with van der Waals surface area (Å²) >= 11 is 0. The lowest BCUT2D eigenvalue weighted by atomic mass is 10.1. The third-order valence-corrected chi connectivity index (χ3v) is 3.58. The summed E-state index contributed by atoms with van der Waals surface area (Å²) in [6.07, 6.45) is 0. The van der Waals surface area contributed by atoms with Crippen molar-refractivity contribution in [3.05, 3.63) is 35.4 Å². The van der Waals surface area contributed by atoms with E-state index >= 15 is 0 Å². The maximum atomic E-state index is 6.18. The van der Waals surface area contributed by atoms with E-state index in [1.165, 1.54) is 11.1 Å². The van der Waals surface area contributed by atoms with Crippen LogP contribution < -0.4 is 5.73 Å². The number of fused-ring (bicyclic) bond motifs is 1. The Labute approximate surface area is 104 Å². The van der Waals surface area contributed by atoms with Gasteiger partial charge in [0, 0.05) is 12.1 Å². The second-order valence-corrected chi connectivity index (χ2v) is 4.49. The van der Waals surface area contributed by atoms with Crippen LogP contribution in [0.2, 0.25) is 0 Å². The number of amidine groups is 1. The zero-order valence-corrected chi connectivity index (χ0v) is 10.8. The summed E-state index contributed by atoms with van der Waals surface area (Å²) in [6.45, 7) is 9.69. The van der Waals surface area contributed by atoms with Gasteiger partial charge in [0.15, 0.2) is 0 Å². The van der Waals surface area contributed by atoms with Gasteiger partial charge in [0.05, 0.1) is 12.1 Å². The van der Waals surface area contributed by atoms with Crippen molar-refractivity contribution in [2.75, 3.05) is 26.2 Å². The Balaban J connectivity index is 2.03. The first-order valence-corrected chi connectivity index (χ1v) is 6.44. The Kier molecular flexibility index (Phi) is 3.79. The zero-order chi connectivity index (χ0) is 12.3. The third-order valence-electron chi connectivity index (χ3n) is 3.58. The van der Waals surface area contributed by atoms with Crippen molar-refractivity contribution in [1.29, 1.82) is 0 Å². The van der Waals surface area contributed by atoms with Crippen LogP contribution in [-0.2, 0) is 6.54 Å². The summed E-state index contributed by atoms with van der Waals surface area (Å²) in [5, 5.41) is 0. The van der Waals surface area contributed by atoms with Gasteiger partial charge < -0.3 is 0 Å². The normalized spacial score (nSPS) is 14.5. The maximum Gasteiger partial charge on any atom is 0.275 e. The predicted molar refractivity (Wildman–Crippen MR) is 71.4 cm³/mol. The fraction of sp³-hybridized carbons (Fsp3) is 0.500. The largest absolute Gasteiger partial charge is 0.300 e. The highest BCUT2D eigenvalue weighted by Gasteiger charge is 2.23. The Bertz CT molecular complexity index is 419. The highest BCUT2D eigenvalue weighted by atomic mass is 15.2. The van der Waals surface area contributed by atoms with Gasteiger partial charge in [-0.2, -0.15) is 0 Å². The first-order chi connectivity index (χ1) is 8.26. The molecule has 0 unspecified atom stereocenters. The summed E-state index contributed by atoms with van der Waals surface area (Å²) in [7, 11) is 0. The van der Waals surface area contributed by atoms with E-state index < -0.39 is 0 Å². The van der Waals surface area contributed by atoms with Crippen molar-refractivity contribution in [2.45, 2.75) is 20.4 Å². The first kappa shape index (κ1) is 12.1. The Morgan fingerprint density at radius 2 is 1.94 bits per heavy atom. The van der Waals surface area contributed by atoms with E-state index in [4.69, 9.17) is 5.73 Å². The quantitative estimate of drug-likeness (QED) is 0.775. The van der Waals surface area contributed by atoms with Gasteiger partial charge in [-0.05, 0) is 19.2 Å². The molecule has 0 radical (unpaired) electrons. The average Bonchev–Trinajstić information content (AvgIpc) is 2.68. The molecule has 17 heavy (non-hydrogen) atoms. The van der Waals surface area contributed by atoms with Crippen LogP contribution in [-0.4, -0.2) is 41.5 Å². The van der Waals surface area contributed by atoms with Gasteiger partial charge in [-0.15, -0.1) is 0 Å². The Morgan fingerprint density at radius 3 is 2.59 bits per heavy atom. The number of likely N-dealkylation sites (N-methyl/N-ethyl adjacent to an activating group) is 1. The number of nitrogens with two attached hydrogens (primary N) is 1. The molecule has 0 bridgehead atoms. The smallest absolute Gasteiger partial charge is 0.275 e. The molecule has 92 valence electrons. The molecule has 1 aliphatic rings. The lowest BCUT2D eigenvalue weighted by Crippen LogP contribution is -2.33. The van der Waals surface area contributed by atoms with Gasteiger partial charge in [-0.1, -0.05) is 32.0 Å². The number of nitrogens with zero attached hydrogens (tertiary/aromatic N) is 2. The minimum absolute atomic E-state index is 0.938. The van der Waals surface area contributed by atoms with Crippen molar-refractivity contribution in [1.82, 2.24) is 4.90 Å². The first-order valence-electron chi connectivity index (χ1n) is 6.44. The molecule has 1 aliphatic heterocycles. The minimum atomic E-state index is 0.938. The highest BCUT2D eigenvalue weighted by molar-refractivity contribution is 5.96. The molecule has 2 N–H and O–H groups in total. The van der Waals surface area contributed by atoms with Crippen LogP contribution in [0.5, 0.6) is 0 Å². The van der Waals surface area contributed by atoms with Crippen LogP contribution >= 0.6 is 0 Å². The molecule has 3 heteroatoms. The lowest BCUT2D eigenvalue weighted by molar-refractivity contribution is -0.540. The van der Waals surface area contributed by atoms with E-state index in [1.807, 2.05) is 0 Å². The van der Waals surface area contributed by atoms with Gasteiger partial charge in [-0.3, -0.25) is 15.2 Å². The van der Waals surface area contributed by atoms with E-state index in [-0.39, 0.29) is 0 Å². The van der Waals surface area contributed by atoms with E-state index in [9.17, 15) is 0 Å². The molecule has 0 spiro atoms. The van der Waals surface area contributed by atoms with Crippen molar-refractivity contribution in [3.8, 4) is 0 Å². The minimum Gasteiger partial charge on any atom is -0.300 e. The van der Waals surface area contributed by atoms with Crippen LogP contribution in [0.3, 0.4) is 0 Å². The van der Waals surface area contributed by atoms with E-state index in [0.717, 1.165) is 38.6 Å². The van der Waals surface area contributed by atoms with Crippen molar-refractivity contribution in [3.63, 3.8) is 0 Å². The van der Waals surface area contributed by atoms with Crippen molar-refractivity contribution < 1.29 is 4.58 Å². The monoisotopic (exact) mass is 232 g/mol. The molecule has 0 aliphatic carbocycles. The zero-order valence-electron chi connectivity index (χ0n) is 10.8. The average molecular weight is 232 g/mol. The van der Waals surface area contributed by atoms with Gasteiger partial charge >= 0.3 is 0 Å². The van der Waals surface area contributed by atoms with Crippen molar-refractivity contribution in [2.24, 2.45) is 5.73 Å². The molecule has 3 nitrogen and oxygen atoms in total. The second kappa shape index (κ2) is 5.32.